The van der Waals surface area contributed by atoms with Crippen molar-refractivity contribution in [2.24, 2.45) is 5.92 Å². The molecule has 206 valence electrons. The molecule has 39 heavy (non-hydrogen) atoms. The SMILES string of the molecule is C=C(NC(C)(CC)COc1cc(Cl)c(-c2nnc(-c3cn4cc(C(F)(F)F)ccc4n3)s2)cc1F)C1CCC1. The number of halogens is 5. The molecule has 1 atom stereocenters. The first-order valence-electron chi connectivity index (χ1n) is 12.4. The Bertz CT molecular complexity index is 1530. The third kappa shape index (κ3) is 5.74. The molecule has 0 spiro atoms. The van der Waals surface area contributed by atoms with Crippen molar-refractivity contribution < 1.29 is 22.3 Å². The lowest BCUT2D eigenvalue weighted by molar-refractivity contribution is -0.137. The van der Waals surface area contributed by atoms with Gasteiger partial charge in [0.05, 0.1) is 16.1 Å². The van der Waals surface area contributed by atoms with E-state index in [-0.39, 0.29) is 17.4 Å². The van der Waals surface area contributed by atoms with Crippen LogP contribution in [0.15, 0.2) is 48.9 Å². The van der Waals surface area contributed by atoms with Gasteiger partial charge in [-0.2, -0.15) is 13.2 Å². The van der Waals surface area contributed by atoms with E-state index in [1.807, 2.05) is 13.8 Å². The molecule has 0 radical (unpaired) electrons. The largest absolute Gasteiger partial charge is 0.488 e. The summed E-state index contributed by atoms with van der Waals surface area (Å²) >= 11 is 7.59. The number of pyridine rings is 1. The molecule has 6 nitrogen and oxygen atoms in total. The lowest BCUT2D eigenvalue weighted by Crippen LogP contribution is -2.48. The first-order valence-corrected chi connectivity index (χ1v) is 13.6. The summed E-state index contributed by atoms with van der Waals surface area (Å²) < 4.78 is 61.3. The molecule has 1 unspecified atom stereocenters. The van der Waals surface area contributed by atoms with Gasteiger partial charge in [0.2, 0.25) is 0 Å². The molecule has 3 heterocycles. The predicted octanol–water partition coefficient (Wildman–Crippen LogP) is 7.78. The fourth-order valence-electron chi connectivity index (χ4n) is 4.21. The summed E-state index contributed by atoms with van der Waals surface area (Å²) in [4.78, 5) is 4.33. The molecule has 1 fully saturated rings. The van der Waals surface area contributed by atoms with E-state index in [9.17, 15) is 13.2 Å². The van der Waals surface area contributed by atoms with E-state index in [0.717, 1.165) is 48.6 Å². The van der Waals surface area contributed by atoms with Gasteiger partial charge in [-0.05, 0) is 50.3 Å². The molecule has 4 aromatic rings. The van der Waals surface area contributed by atoms with Crippen molar-refractivity contribution in [1.29, 1.82) is 0 Å². The minimum Gasteiger partial charge on any atom is -0.488 e. The normalized spacial score (nSPS) is 15.7. The minimum absolute atomic E-state index is 0.0186. The molecule has 1 saturated carbocycles. The van der Waals surface area contributed by atoms with Gasteiger partial charge < -0.3 is 14.5 Å². The number of imidazole rings is 1. The summed E-state index contributed by atoms with van der Waals surface area (Å²) in [6.07, 6.45) is 2.14. The van der Waals surface area contributed by atoms with E-state index in [0.29, 0.717) is 32.8 Å². The average molecular weight is 580 g/mol. The molecule has 0 aliphatic heterocycles. The highest BCUT2D eigenvalue weighted by Crippen LogP contribution is 2.38. The maximum absolute atomic E-state index is 15.1. The average Bonchev–Trinajstić information content (AvgIpc) is 3.49. The number of aromatic nitrogens is 4. The van der Waals surface area contributed by atoms with Crippen LogP contribution in [0.2, 0.25) is 5.02 Å². The lowest BCUT2D eigenvalue weighted by atomic mass is 9.82. The Labute approximate surface area is 231 Å². The van der Waals surface area contributed by atoms with Crippen LogP contribution >= 0.6 is 22.9 Å². The molecule has 0 bridgehead atoms. The second-order valence-corrected chi connectivity index (χ2v) is 11.3. The third-order valence-corrected chi connectivity index (χ3v) is 8.35. The molecule has 12 heteroatoms. The molecular formula is C27H26ClF4N5OS. The molecule has 0 saturated heterocycles. The van der Waals surface area contributed by atoms with Crippen molar-refractivity contribution in [3.05, 3.63) is 65.3 Å². The van der Waals surface area contributed by atoms with Gasteiger partial charge in [-0.3, -0.25) is 0 Å². The highest BCUT2D eigenvalue weighted by molar-refractivity contribution is 7.18. The highest BCUT2D eigenvalue weighted by Gasteiger charge is 2.31. The Hall–Kier alpha value is -3.18. The first-order chi connectivity index (χ1) is 18.5. The van der Waals surface area contributed by atoms with Gasteiger partial charge >= 0.3 is 6.18 Å². The van der Waals surface area contributed by atoms with Gasteiger partial charge in [-0.25, -0.2) is 9.37 Å². The van der Waals surface area contributed by atoms with Crippen molar-refractivity contribution in [2.45, 2.75) is 51.2 Å². The van der Waals surface area contributed by atoms with Crippen molar-refractivity contribution in [3.8, 4) is 27.0 Å². The van der Waals surface area contributed by atoms with Gasteiger partial charge in [-0.15, -0.1) is 10.2 Å². The monoisotopic (exact) mass is 579 g/mol. The Morgan fingerprint density at radius 1 is 1.21 bits per heavy atom. The maximum atomic E-state index is 15.1. The predicted molar refractivity (Wildman–Crippen MR) is 143 cm³/mol. The smallest absolute Gasteiger partial charge is 0.417 e. The molecule has 5 rings (SSSR count). The number of ether oxygens (including phenoxy) is 1. The fraction of sp³-hybridized carbons (Fsp3) is 0.370. The van der Waals surface area contributed by atoms with E-state index in [1.54, 1.807) is 0 Å². The second-order valence-electron chi connectivity index (χ2n) is 9.96. The third-order valence-electron chi connectivity index (χ3n) is 7.06. The Morgan fingerprint density at radius 2 is 1.95 bits per heavy atom. The number of benzene rings is 1. The van der Waals surface area contributed by atoms with E-state index in [2.05, 4.69) is 27.1 Å². The van der Waals surface area contributed by atoms with Crippen LogP contribution < -0.4 is 10.1 Å². The summed E-state index contributed by atoms with van der Waals surface area (Å²) in [6, 6.07) is 4.90. The van der Waals surface area contributed by atoms with E-state index < -0.39 is 23.1 Å². The summed E-state index contributed by atoms with van der Waals surface area (Å²) in [5.41, 5.74) is 0.756. The van der Waals surface area contributed by atoms with Crippen molar-refractivity contribution in [1.82, 2.24) is 24.9 Å². The number of fused-ring (bicyclic) bond motifs is 1. The van der Waals surface area contributed by atoms with Gasteiger partial charge in [-0.1, -0.05) is 42.9 Å². The molecule has 1 aliphatic rings. The van der Waals surface area contributed by atoms with Crippen molar-refractivity contribution in [2.75, 3.05) is 6.61 Å². The molecule has 1 aliphatic carbocycles. The summed E-state index contributed by atoms with van der Waals surface area (Å²) in [5.74, 6) is -0.115. The Kier molecular flexibility index (Phi) is 7.32. The van der Waals surface area contributed by atoms with Crippen LogP contribution in [-0.4, -0.2) is 31.7 Å². The van der Waals surface area contributed by atoms with Gasteiger partial charge in [0, 0.05) is 29.7 Å². The van der Waals surface area contributed by atoms with Gasteiger partial charge in [0.1, 0.15) is 23.0 Å². The van der Waals surface area contributed by atoms with Gasteiger partial charge in [0.15, 0.2) is 16.6 Å². The zero-order valence-electron chi connectivity index (χ0n) is 21.3. The van der Waals surface area contributed by atoms with Crippen LogP contribution in [-0.2, 0) is 6.18 Å². The minimum atomic E-state index is -4.47. The zero-order valence-corrected chi connectivity index (χ0v) is 22.9. The topological polar surface area (TPSA) is 64.3 Å². The second kappa shape index (κ2) is 10.4. The Morgan fingerprint density at radius 3 is 2.62 bits per heavy atom. The number of hydrogen-bond donors (Lipinski definition) is 1. The molecule has 3 aromatic heterocycles. The van der Waals surface area contributed by atoms with Gasteiger partial charge in [0.25, 0.3) is 0 Å². The lowest BCUT2D eigenvalue weighted by Gasteiger charge is -2.37. The fourth-order valence-corrected chi connectivity index (χ4v) is 5.34. The number of nitrogens with zero attached hydrogens (tertiary/aromatic N) is 4. The van der Waals surface area contributed by atoms with Crippen LogP contribution in [0.1, 0.15) is 45.1 Å². The van der Waals surface area contributed by atoms with E-state index in [4.69, 9.17) is 16.3 Å². The van der Waals surface area contributed by atoms with E-state index in [1.165, 1.54) is 35.2 Å². The zero-order chi connectivity index (χ0) is 27.9. The summed E-state index contributed by atoms with van der Waals surface area (Å²) in [6.45, 7) is 8.42. The Balaban J connectivity index is 1.32. The van der Waals surface area contributed by atoms with Crippen LogP contribution in [0, 0.1) is 11.7 Å². The van der Waals surface area contributed by atoms with E-state index >= 15 is 4.39 Å². The van der Waals surface area contributed by atoms with Crippen LogP contribution in [0.3, 0.4) is 0 Å². The standard InChI is InChI=1S/C27H26ClF4N5OS/c1-4-26(3,34-15(2)16-6-5-7-16)14-38-22-11-19(28)18(10-20(22)29)24-35-36-25(39-24)21-13-37-12-17(27(30,31)32)8-9-23(37)33-21/h8-13,16,34H,2,4-7,14H2,1,3H3. The summed E-state index contributed by atoms with van der Waals surface area (Å²) in [7, 11) is 0. The maximum Gasteiger partial charge on any atom is 0.417 e. The number of rotatable bonds is 9. The van der Waals surface area contributed by atoms with Crippen LogP contribution in [0.25, 0.3) is 26.9 Å². The quantitative estimate of drug-likeness (QED) is 0.205. The number of allylic oxidation sites excluding steroid dienone is 1. The first kappa shape index (κ1) is 27.4. The molecule has 0 amide bonds. The van der Waals surface area contributed by atoms with Crippen LogP contribution in [0.4, 0.5) is 17.6 Å². The highest BCUT2D eigenvalue weighted by atomic mass is 35.5. The molecule has 1 aromatic carbocycles. The summed E-state index contributed by atoms with van der Waals surface area (Å²) in [5, 5.41) is 12.6. The molecule has 1 N–H and O–H groups in total. The molecular weight excluding hydrogens is 554 g/mol. The number of hydrogen-bond acceptors (Lipinski definition) is 6. The van der Waals surface area contributed by atoms with Crippen LogP contribution in [0.5, 0.6) is 5.75 Å². The van der Waals surface area contributed by atoms with Crippen molar-refractivity contribution >= 4 is 28.6 Å². The van der Waals surface area contributed by atoms with Crippen molar-refractivity contribution in [3.63, 3.8) is 0 Å². The number of alkyl halides is 3. The number of nitrogens with one attached hydrogen (secondary N) is 1.